The minimum atomic E-state index is -2.86. The normalized spacial score (nSPS) is 22.2. The summed E-state index contributed by atoms with van der Waals surface area (Å²) in [5, 5.41) is 0. The molecule has 0 bridgehead atoms. The van der Waals surface area contributed by atoms with Crippen LogP contribution in [-0.4, -0.2) is 31.7 Å². The second-order valence-corrected chi connectivity index (χ2v) is 9.01. The lowest BCUT2D eigenvalue weighted by atomic mass is 9.74. The van der Waals surface area contributed by atoms with E-state index in [0.29, 0.717) is 17.5 Å². The van der Waals surface area contributed by atoms with Gasteiger partial charge in [0.25, 0.3) is 0 Å². The van der Waals surface area contributed by atoms with Gasteiger partial charge in [0.2, 0.25) is 0 Å². The Morgan fingerprint density at radius 1 is 1.05 bits per heavy atom. The molecule has 2 nitrogen and oxygen atoms in total. The summed E-state index contributed by atoms with van der Waals surface area (Å²) in [7, 11) is -2.86. The van der Waals surface area contributed by atoms with Gasteiger partial charge in [-0.15, -0.1) is 23.2 Å². The molecule has 0 radical (unpaired) electrons. The van der Waals surface area contributed by atoms with Gasteiger partial charge in [-0.25, -0.2) is 8.42 Å². The number of hydrogen-bond acceptors (Lipinski definition) is 2. The van der Waals surface area contributed by atoms with Crippen molar-refractivity contribution in [1.29, 1.82) is 0 Å². The molecule has 0 amide bonds. The molecule has 1 rings (SSSR count). The molecule has 0 saturated carbocycles. The Bertz CT molecular complexity index is 364. The molecule has 1 saturated heterocycles. The van der Waals surface area contributed by atoms with Crippen LogP contribution in [-0.2, 0) is 9.84 Å². The summed E-state index contributed by atoms with van der Waals surface area (Å²) < 4.78 is 23.4. The van der Waals surface area contributed by atoms with Crippen LogP contribution in [0.25, 0.3) is 0 Å². The van der Waals surface area contributed by atoms with E-state index >= 15 is 0 Å². The first-order chi connectivity index (χ1) is 9.49. The molecule has 0 aromatic carbocycles. The Labute approximate surface area is 134 Å². The molecular weight excluding hydrogens is 315 g/mol. The maximum atomic E-state index is 11.7. The fraction of sp³-hybridized carbons (Fsp3) is 1.00. The molecule has 120 valence electrons. The Kier molecular flexibility index (Phi) is 8.22. The minimum absolute atomic E-state index is 0.151. The van der Waals surface area contributed by atoms with Gasteiger partial charge in [0, 0.05) is 17.2 Å². The van der Waals surface area contributed by atoms with Gasteiger partial charge in [0.05, 0.1) is 11.5 Å². The van der Waals surface area contributed by atoms with Crippen LogP contribution in [0.5, 0.6) is 0 Å². The van der Waals surface area contributed by atoms with Crippen molar-refractivity contribution in [2.24, 2.45) is 11.3 Å². The maximum absolute atomic E-state index is 11.7. The van der Waals surface area contributed by atoms with Crippen molar-refractivity contribution in [3.05, 3.63) is 0 Å². The average molecular weight is 343 g/mol. The van der Waals surface area contributed by atoms with Crippen LogP contribution in [0.4, 0.5) is 0 Å². The third-order valence-corrected chi connectivity index (χ3v) is 7.49. The third-order valence-electron chi connectivity index (χ3n) is 4.66. The smallest absolute Gasteiger partial charge is 0.150 e. The lowest BCUT2D eigenvalue weighted by Gasteiger charge is -2.35. The van der Waals surface area contributed by atoms with Gasteiger partial charge in [-0.05, 0) is 18.8 Å². The molecule has 0 aromatic heterocycles. The summed E-state index contributed by atoms with van der Waals surface area (Å²) in [6, 6.07) is 0. The average Bonchev–Trinajstić information content (AvgIpc) is 2.79. The molecule has 1 fully saturated rings. The third kappa shape index (κ3) is 5.38. The molecule has 1 atom stereocenters. The molecular formula is C15H28Cl2O2S. The van der Waals surface area contributed by atoms with Crippen LogP contribution in [0.15, 0.2) is 0 Å². The van der Waals surface area contributed by atoms with Gasteiger partial charge >= 0.3 is 0 Å². The minimum Gasteiger partial charge on any atom is -0.229 e. The van der Waals surface area contributed by atoms with E-state index in [0.717, 1.165) is 19.3 Å². The topological polar surface area (TPSA) is 34.1 Å². The van der Waals surface area contributed by atoms with E-state index in [1.807, 2.05) is 0 Å². The first kappa shape index (κ1) is 18.6. The zero-order valence-corrected chi connectivity index (χ0v) is 14.9. The quantitative estimate of drug-likeness (QED) is 0.428. The van der Waals surface area contributed by atoms with Gasteiger partial charge in [0.15, 0.2) is 9.84 Å². The van der Waals surface area contributed by atoms with E-state index in [1.54, 1.807) is 0 Å². The van der Waals surface area contributed by atoms with E-state index in [9.17, 15) is 8.42 Å². The van der Waals surface area contributed by atoms with Crippen LogP contribution in [0.2, 0.25) is 0 Å². The van der Waals surface area contributed by atoms with Crippen LogP contribution >= 0.6 is 23.2 Å². The Hall–Kier alpha value is 0.530. The number of halogens is 2. The molecule has 1 heterocycles. The summed E-state index contributed by atoms with van der Waals surface area (Å²) in [5.74, 6) is 1.70. The molecule has 0 spiro atoms. The van der Waals surface area contributed by atoms with Crippen molar-refractivity contribution in [2.75, 3.05) is 23.3 Å². The van der Waals surface area contributed by atoms with Gasteiger partial charge in [0.1, 0.15) is 0 Å². The van der Waals surface area contributed by atoms with Crippen molar-refractivity contribution in [1.82, 2.24) is 0 Å². The van der Waals surface area contributed by atoms with Gasteiger partial charge in [-0.1, -0.05) is 45.4 Å². The highest BCUT2D eigenvalue weighted by Gasteiger charge is 2.43. The second kappa shape index (κ2) is 8.85. The summed E-state index contributed by atoms with van der Waals surface area (Å²) in [5.41, 5.74) is -0.183. The Morgan fingerprint density at radius 2 is 1.65 bits per heavy atom. The lowest BCUT2D eigenvalue weighted by Crippen LogP contribution is -2.35. The molecule has 1 unspecified atom stereocenters. The van der Waals surface area contributed by atoms with E-state index in [-0.39, 0.29) is 17.1 Å². The first-order valence-corrected chi connectivity index (χ1v) is 10.7. The molecule has 20 heavy (non-hydrogen) atoms. The van der Waals surface area contributed by atoms with Crippen molar-refractivity contribution in [3.8, 4) is 0 Å². The Morgan fingerprint density at radius 3 is 2.15 bits per heavy atom. The molecule has 0 aliphatic carbocycles. The highest BCUT2D eigenvalue weighted by molar-refractivity contribution is 7.91. The number of unbranched alkanes of at least 4 members (excludes halogenated alkanes) is 5. The molecule has 5 heteroatoms. The monoisotopic (exact) mass is 342 g/mol. The zero-order valence-electron chi connectivity index (χ0n) is 12.5. The predicted molar refractivity (Wildman–Crippen MR) is 88.6 cm³/mol. The summed E-state index contributed by atoms with van der Waals surface area (Å²) in [4.78, 5) is 0. The Balaban J connectivity index is 2.46. The molecule has 0 aromatic rings. The summed E-state index contributed by atoms with van der Waals surface area (Å²) in [6.07, 6.45) is 9.13. The fourth-order valence-electron chi connectivity index (χ4n) is 3.13. The van der Waals surface area contributed by atoms with E-state index in [1.165, 1.54) is 32.1 Å². The van der Waals surface area contributed by atoms with Crippen molar-refractivity contribution >= 4 is 33.0 Å². The van der Waals surface area contributed by atoms with E-state index in [4.69, 9.17) is 23.2 Å². The highest BCUT2D eigenvalue weighted by atomic mass is 35.5. The number of hydrogen-bond donors (Lipinski definition) is 0. The highest BCUT2D eigenvalue weighted by Crippen LogP contribution is 2.42. The van der Waals surface area contributed by atoms with Crippen LogP contribution in [0.3, 0.4) is 0 Å². The SMILES string of the molecule is CCCCCCCCC(CCl)(CCl)C1CCS(=O)(=O)C1. The first-order valence-electron chi connectivity index (χ1n) is 7.82. The van der Waals surface area contributed by atoms with Crippen molar-refractivity contribution in [3.63, 3.8) is 0 Å². The number of rotatable bonds is 10. The summed E-state index contributed by atoms with van der Waals surface area (Å²) >= 11 is 12.4. The lowest BCUT2D eigenvalue weighted by molar-refractivity contribution is 0.219. The molecule has 0 N–H and O–H groups in total. The second-order valence-electron chi connectivity index (χ2n) is 6.25. The van der Waals surface area contributed by atoms with E-state index in [2.05, 4.69) is 6.92 Å². The van der Waals surface area contributed by atoms with Gasteiger partial charge in [-0.3, -0.25) is 0 Å². The largest absolute Gasteiger partial charge is 0.229 e. The van der Waals surface area contributed by atoms with Crippen LogP contribution < -0.4 is 0 Å². The molecule has 1 aliphatic heterocycles. The van der Waals surface area contributed by atoms with E-state index < -0.39 is 9.84 Å². The standard InChI is InChI=1S/C15H28Cl2O2S/c1-2-3-4-5-6-7-9-15(12-16,13-17)14-8-10-20(18,19)11-14/h14H,2-13H2,1H3. The number of sulfone groups is 1. The molecule has 1 aliphatic rings. The maximum Gasteiger partial charge on any atom is 0.150 e. The number of alkyl halides is 2. The van der Waals surface area contributed by atoms with Gasteiger partial charge < -0.3 is 0 Å². The predicted octanol–water partition coefficient (Wildman–Crippen LogP) is 4.64. The van der Waals surface area contributed by atoms with Crippen molar-refractivity contribution in [2.45, 2.75) is 58.3 Å². The van der Waals surface area contributed by atoms with Crippen LogP contribution in [0.1, 0.15) is 58.3 Å². The fourth-order valence-corrected chi connectivity index (χ4v) is 6.06. The zero-order chi connectivity index (χ0) is 15.1. The van der Waals surface area contributed by atoms with Crippen molar-refractivity contribution < 1.29 is 8.42 Å². The van der Waals surface area contributed by atoms with Gasteiger partial charge in [-0.2, -0.15) is 0 Å². The van der Waals surface area contributed by atoms with Crippen LogP contribution in [0, 0.1) is 11.3 Å². The summed E-state index contributed by atoms with van der Waals surface area (Å²) in [6.45, 7) is 2.21.